The third-order valence-electron chi connectivity index (χ3n) is 6.75. The SMILES string of the molecule is CC(C)n1nc(-c2ccnc(C(F)(F)F)n2)cc1C1C2CC(N3CCOCC3)CC21. The second kappa shape index (κ2) is 7.30. The Balaban J connectivity index is 1.37. The summed E-state index contributed by atoms with van der Waals surface area (Å²) < 4.78 is 46.5. The average Bonchev–Trinajstić information content (AvgIpc) is 3.10. The molecular formula is C21H26F3N5O. The lowest BCUT2D eigenvalue weighted by molar-refractivity contribution is -0.144. The zero-order valence-corrected chi connectivity index (χ0v) is 17.1. The van der Waals surface area contributed by atoms with E-state index in [-0.39, 0.29) is 11.7 Å². The van der Waals surface area contributed by atoms with Gasteiger partial charge < -0.3 is 4.74 Å². The summed E-state index contributed by atoms with van der Waals surface area (Å²) in [6, 6.07) is 4.20. The summed E-state index contributed by atoms with van der Waals surface area (Å²) in [6.07, 6.45) is -1.06. The van der Waals surface area contributed by atoms with Gasteiger partial charge in [-0.25, -0.2) is 9.97 Å². The highest BCUT2D eigenvalue weighted by molar-refractivity contribution is 5.55. The van der Waals surface area contributed by atoms with Gasteiger partial charge in [0.05, 0.1) is 18.9 Å². The fourth-order valence-corrected chi connectivity index (χ4v) is 5.33. The standard InChI is InChI=1S/C21H26F3N5O/c1-12(2)29-18(11-17(27-29)16-3-4-25-20(26-16)21(22,23)24)19-14-9-13(10-15(14)19)28-5-7-30-8-6-28/h3-4,11-15,19H,5-10H2,1-2H3. The van der Waals surface area contributed by atoms with Crippen molar-refractivity contribution in [2.75, 3.05) is 26.3 Å². The van der Waals surface area contributed by atoms with Gasteiger partial charge in [0.15, 0.2) is 0 Å². The number of aromatic nitrogens is 4. The van der Waals surface area contributed by atoms with E-state index in [1.54, 1.807) is 0 Å². The maximum Gasteiger partial charge on any atom is 0.451 e. The molecule has 5 rings (SSSR count). The van der Waals surface area contributed by atoms with Crippen LogP contribution in [0, 0.1) is 11.8 Å². The molecule has 3 heterocycles. The summed E-state index contributed by atoms with van der Waals surface area (Å²) >= 11 is 0. The summed E-state index contributed by atoms with van der Waals surface area (Å²) in [7, 11) is 0. The average molecular weight is 421 g/mol. The Morgan fingerprint density at radius 1 is 1.10 bits per heavy atom. The Hall–Kier alpha value is -2.00. The highest BCUT2D eigenvalue weighted by Gasteiger charge is 2.58. The molecule has 9 heteroatoms. The van der Waals surface area contributed by atoms with Crippen LogP contribution >= 0.6 is 0 Å². The number of fused-ring (bicyclic) bond motifs is 1. The largest absolute Gasteiger partial charge is 0.451 e. The molecule has 0 radical (unpaired) electrons. The Labute approximate surface area is 173 Å². The lowest BCUT2D eigenvalue weighted by Gasteiger charge is -2.33. The molecule has 0 amide bonds. The van der Waals surface area contributed by atoms with Crippen LogP contribution in [0.2, 0.25) is 0 Å². The van der Waals surface area contributed by atoms with Crippen molar-refractivity contribution in [3.05, 3.63) is 29.8 Å². The van der Waals surface area contributed by atoms with Crippen molar-refractivity contribution >= 4 is 0 Å². The number of hydrogen-bond acceptors (Lipinski definition) is 5. The highest BCUT2D eigenvalue weighted by Crippen LogP contribution is 2.64. The van der Waals surface area contributed by atoms with Crippen molar-refractivity contribution in [2.45, 2.75) is 50.9 Å². The van der Waals surface area contributed by atoms with Crippen molar-refractivity contribution in [3.63, 3.8) is 0 Å². The molecule has 3 fully saturated rings. The van der Waals surface area contributed by atoms with Crippen LogP contribution in [0.15, 0.2) is 18.3 Å². The maximum absolute atomic E-state index is 13.0. The lowest BCUT2D eigenvalue weighted by Crippen LogP contribution is -2.43. The Bertz CT molecular complexity index is 910. The van der Waals surface area contributed by atoms with E-state index in [1.807, 2.05) is 10.7 Å². The summed E-state index contributed by atoms with van der Waals surface area (Å²) in [5, 5.41) is 4.63. The second-order valence-corrected chi connectivity index (χ2v) is 8.88. The van der Waals surface area contributed by atoms with E-state index in [9.17, 15) is 13.2 Å². The fraction of sp³-hybridized carbons (Fsp3) is 0.667. The predicted octanol–water partition coefficient (Wildman–Crippen LogP) is 3.76. The van der Waals surface area contributed by atoms with Gasteiger partial charge in [0.25, 0.3) is 0 Å². The van der Waals surface area contributed by atoms with E-state index in [0.717, 1.165) is 38.2 Å². The van der Waals surface area contributed by atoms with Crippen molar-refractivity contribution in [3.8, 4) is 11.4 Å². The van der Waals surface area contributed by atoms with Crippen LogP contribution in [0.5, 0.6) is 0 Å². The molecule has 1 aliphatic heterocycles. The van der Waals surface area contributed by atoms with E-state index in [4.69, 9.17) is 4.74 Å². The van der Waals surface area contributed by atoms with Crippen LogP contribution < -0.4 is 0 Å². The zero-order valence-electron chi connectivity index (χ0n) is 17.1. The van der Waals surface area contributed by atoms with Gasteiger partial charge in [0.1, 0.15) is 5.69 Å². The monoisotopic (exact) mass is 421 g/mol. The Morgan fingerprint density at radius 2 is 1.80 bits per heavy atom. The molecule has 2 aliphatic carbocycles. The number of alkyl halides is 3. The summed E-state index contributed by atoms with van der Waals surface area (Å²) in [5.74, 6) is 0.583. The number of hydrogen-bond donors (Lipinski definition) is 0. The van der Waals surface area contributed by atoms with Crippen LogP contribution in [0.25, 0.3) is 11.4 Å². The minimum atomic E-state index is -4.57. The lowest BCUT2D eigenvalue weighted by atomic mass is 10.0. The molecule has 2 aromatic heterocycles. The van der Waals surface area contributed by atoms with Gasteiger partial charge in [-0.2, -0.15) is 18.3 Å². The molecule has 0 bridgehead atoms. The first-order valence-corrected chi connectivity index (χ1v) is 10.6. The molecule has 0 N–H and O–H groups in total. The Kier molecular flexibility index (Phi) is 4.85. The minimum absolute atomic E-state index is 0.133. The molecule has 1 saturated heterocycles. The molecule has 6 nitrogen and oxygen atoms in total. The van der Waals surface area contributed by atoms with E-state index in [1.165, 1.54) is 18.9 Å². The van der Waals surface area contributed by atoms with Crippen molar-refractivity contribution in [1.29, 1.82) is 0 Å². The maximum atomic E-state index is 13.0. The molecule has 2 saturated carbocycles. The minimum Gasteiger partial charge on any atom is -0.379 e. The molecule has 0 aromatic carbocycles. The quantitative estimate of drug-likeness (QED) is 0.752. The first kappa shape index (κ1) is 19.9. The third kappa shape index (κ3) is 3.51. The van der Waals surface area contributed by atoms with Crippen LogP contribution in [0.1, 0.15) is 50.2 Å². The van der Waals surface area contributed by atoms with Gasteiger partial charge in [-0.05, 0) is 50.7 Å². The summed E-state index contributed by atoms with van der Waals surface area (Å²) in [4.78, 5) is 9.64. The fourth-order valence-electron chi connectivity index (χ4n) is 5.33. The number of nitrogens with zero attached hydrogens (tertiary/aromatic N) is 5. The van der Waals surface area contributed by atoms with Gasteiger partial charge in [0.2, 0.25) is 5.82 Å². The second-order valence-electron chi connectivity index (χ2n) is 8.88. The van der Waals surface area contributed by atoms with E-state index in [0.29, 0.717) is 29.5 Å². The number of halogens is 3. The first-order chi connectivity index (χ1) is 14.3. The van der Waals surface area contributed by atoms with Gasteiger partial charge >= 0.3 is 6.18 Å². The van der Waals surface area contributed by atoms with Gasteiger partial charge in [0, 0.05) is 43.0 Å². The molecule has 2 atom stereocenters. The molecule has 30 heavy (non-hydrogen) atoms. The normalized spacial score (nSPS) is 29.4. The van der Waals surface area contributed by atoms with Crippen LogP contribution in [-0.2, 0) is 10.9 Å². The zero-order chi connectivity index (χ0) is 21.0. The van der Waals surface area contributed by atoms with Crippen molar-refractivity contribution in [2.24, 2.45) is 11.8 Å². The molecule has 3 aliphatic rings. The van der Waals surface area contributed by atoms with Gasteiger partial charge in [-0.3, -0.25) is 9.58 Å². The topological polar surface area (TPSA) is 56.1 Å². The van der Waals surface area contributed by atoms with E-state index >= 15 is 0 Å². The van der Waals surface area contributed by atoms with Crippen molar-refractivity contribution in [1.82, 2.24) is 24.6 Å². The Morgan fingerprint density at radius 3 is 2.43 bits per heavy atom. The van der Waals surface area contributed by atoms with E-state index < -0.39 is 12.0 Å². The third-order valence-corrected chi connectivity index (χ3v) is 6.75. The van der Waals surface area contributed by atoms with Crippen LogP contribution in [-0.4, -0.2) is 57.0 Å². The van der Waals surface area contributed by atoms with Crippen LogP contribution in [0.4, 0.5) is 13.2 Å². The predicted molar refractivity (Wildman–Crippen MR) is 104 cm³/mol. The number of rotatable bonds is 4. The molecule has 2 unspecified atom stereocenters. The first-order valence-electron chi connectivity index (χ1n) is 10.6. The smallest absolute Gasteiger partial charge is 0.379 e. The van der Waals surface area contributed by atoms with Crippen LogP contribution in [0.3, 0.4) is 0 Å². The van der Waals surface area contributed by atoms with Gasteiger partial charge in [-0.15, -0.1) is 0 Å². The molecule has 2 aromatic rings. The summed E-state index contributed by atoms with van der Waals surface area (Å²) in [5.41, 5.74) is 1.83. The highest BCUT2D eigenvalue weighted by atomic mass is 19.4. The van der Waals surface area contributed by atoms with Crippen molar-refractivity contribution < 1.29 is 17.9 Å². The summed E-state index contributed by atoms with van der Waals surface area (Å²) in [6.45, 7) is 7.76. The van der Waals surface area contributed by atoms with E-state index in [2.05, 4.69) is 33.8 Å². The molecule has 162 valence electrons. The number of morpholine rings is 1. The molecular weight excluding hydrogens is 395 g/mol. The number of ether oxygens (including phenoxy) is 1. The van der Waals surface area contributed by atoms with Gasteiger partial charge in [-0.1, -0.05) is 0 Å². The molecule has 0 spiro atoms.